The fourth-order valence-corrected chi connectivity index (χ4v) is 1.49. The number of nitrogens with one attached hydrogen (secondary N) is 1. The highest BCUT2D eigenvalue weighted by atomic mass is 19.3. The molecule has 1 rings (SSSR count). The molecule has 0 aliphatic carbocycles. The fourth-order valence-electron chi connectivity index (χ4n) is 1.49. The Morgan fingerprint density at radius 2 is 2.10 bits per heavy atom. The zero-order valence-corrected chi connectivity index (χ0v) is 10.7. The van der Waals surface area contributed by atoms with E-state index in [1.807, 2.05) is 0 Å². The molecule has 1 aromatic carbocycles. The number of halogens is 2. The van der Waals surface area contributed by atoms with Crippen LogP contribution >= 0.6 is 0 Å². The number of nitrogens with zero attached hydrogens (tertiary/aromatic N) is 1. The monoisotopic (exact) mass is 290 g/mol. The van der Waals surface area contributed by atoms with E-state index in [0.717, 1.165) is 12.1 Å². The van der Waals surface area contributed by atoms with E-state index in [-0.39, 0.29) is 17.9 Å². The van der Waals surface area contributed by atoms with Gasteiger partial charge in [0.05, 0.1) is 18.1 Å². The van der Waals surface area contributed by atoms with E-state index in [9.17, 15) is 23.7 Å². The molecule has 1 aromatic rings. The summed E-state index contributed by atoms with van der Waals surface area (Å²) in [5, 5.41) is 13.3. The molecular formula is C11H12F2N2O5. The van der Waals surface area contributed by atoms with Crippen LogP contribution in [-0.2, 0) is 0 Å². The van der Waals surface area contributed by atoms with Gasteiger partial charge < -0.3 is 14.8 Å². The quantitative estimate of drug-likeness (QED) is 0.638. The van der Waals surface area contributed by atoms with Crippen LogP contribution in [0.4, 0.5) is 14.5 Å². The molecule has 0 fully saturated rings. The molecule has 0 heterocycles. The number of methoxy groups -OCH3 is 1. The molecule has 0 radical (unpaired) electrons. The molecule has 0 saturated heterocycles. The van der Waals surface area contributed by atoms with Gasteiger partial charge in [0.1, 0.15) is 5.56 Å². The minimum absolute atomic E-state index is 0.197. The highest BCUT2D eigenvalue weighted by molar-refractivity contribution is 5.99. The van der Waals surface area contributed by atoms with Gasteiger partial charge in [0.15, 0.2) is 11.5 Å². The van der Waals surface area contributed by atoms with Crippen molar-refractivity contribution >= 4 is 11.6 Å². The van der Waals surface area contributed by atoms with Crippen LogP contribution in [-0.4, -0.2) is 31.1 Å². The number of alkyl halides is 2. The molecule has 0 bridgehead atoms. The van der Waals surface area contributed by atoms with Gasteiger partial charge >= 0.3 is 6.61 Å². The number of nitro benzene ring substituents is 1. The number of amides is 1. The van der Waals surface area contributed by atoms with Gasteiger partial charge in [0.25, 0.3) is 11.6 Å². The van der Waals surface area contributed by atoms with Crippen LogP contribution in [0.2, 0.25) is 0 Å². The first-order chi connectivity index (χ1) is 9.40. The summed E-state index contributed by atoms with van der Waals surface area (Å²) in [4.78, 5) is 21.8. The normalized spacial score (nSPS) is 10.2. The lowest BCUT2D eigenvalue weighted by atomic mass is 10.1. The van der Waals surface area contributed by atoms with E-state index >= 15 is 0 Å². The average Bonchev–Trinajstić information content (AvgIpc) is 2.37. The molecule has 0 saturated carbocycles. The maximum Gasteiger partial charge on any atom is 0.387 e. The van der Waals surface area contributed by atoms with Gasteiger partial charge in [-0.2, -0.15) is 8.78 Å². The molecule has 0 aliphatic heterocycles. The maximum absolute atomic E-state index is 12.2. The number of carbonyl (C=O) groups is 1. The molecule has 0 spiro atoms. The van der Waals surface area contributed by atoms with E-state index in [1.165, 1.54) is 7.11 Å². The van der Waals surface area contributed by atoms with Gasteiger partial charge in [0.2, 0.25) is 0 Å². The van der Waals surface area contributed by atoms with Gasteiger partial charge in [-0.1, -0.05) is 0 Å². The zero-order chi connectivity index (χ0) is 15.3. The molecule has 9 heteroatoms. The van der Waals surface area contributed by atoms with Crippen molar-refractivity contribution in [2.75, 3.05) is 13.7 Å². The van der Waals surface area contributed by atoms with Gasteiger partial charge in [-0.3, -0.25) is 14.9 Å². The molecule has 1 N–H and O–H groups in total. The third-order valence-corrected chi connectivity index (χ3v) is 2.28. The van der Waals surface area contributed by atoms with Crippen molar-refractivity contribution in [1.82, 2.24) is 5.32 Å². The van der Waals surface area contributed by atoms with Crippen molar-refractivity contribution < 1.29 is 28.0 Å². The number of hydrogen-bond acceptors (Lipinski definition) is 5. The number of rotatable bonds is 6. The third-order valence-electron chi connectivity index (χ3n) is 2.28. The Labute approximate surface area is 112 Å². The lowest BCUT2D eigenvalue weighted by Gasteiger charge is -2.11. The number of carbonyl (C=O) groups excluding carboxylic acids is 1. The molecule has 7 nitrogen and oxygen atoms in total. The van der Waals surface area contributed by atoms with Crippen LogP contribution < -0.4 is 14.8 Å². The zero-order valence-electron chi connectivity index (χ0n) is 10.7. The second-order valence-electron chi connectivity index (χ2n) is 3.52. The first kappa shape index (κ1) is 15.6. The Bertz CT molecular complexity index is 522. The summed E-state index contributed by atoms with van der Waals surface area (Å²) >= 11 is 0. The highest BCUT2D eigenvalue weighted by Crippen LogP contribution is 2.35. The standard InChI is InChI=1S/C11H12F2N2O5/c1-3-14-10(16)6-4-8(19-2)9(20-11(12)13)5-7(6)15(17)18/h4-5,11H,3H2,1-2H3,(H,14,16). The summed E-state index contributed by atoms with van der Waals surface area (Å²) in [5.74, 6) is -1.42. The predicted molar refractivity (Wildman–Crippen MR) is 64.3 cm³/mol. The SMILES string of the molecule is CCNC(=O)c1cc(OC)c(OC(F)F)cc1[N+](=O)[O-]. The lowest BCUT2D eigenvalue weighted by molar-refractivity contribution is -0.385. The number of benzene rings is 1. The van der Waals surface area contributed by atoms with Gasteiger partial charge in [0, 0.05) is 12.6 Å². The average molecular weight is 290 g/mol. The van der Waals surface area contributed by atoms with E-state index < -0.39 is 28.9 Å². The van der Waals surface area contributed by atoms with E-state index in [4.69, 9.17) is 4.74 Å². The molecule has 0 aliphatic rings. The summed E-state index contributed by atoms with van der Waals surface area (Å²) in [7, 11) is 1.17. The Kier molecular flexibility index (Phi) is 5.18. The van der Waals surface area contributed by atoms with Crippen LogP contribution in [0.15, 0.2) is 12.1 Å². The summed E-state index contributed by atoms with van der Waals surface area (Å²) in [6, 6.07) is 1.72. The van der Waals surface area contributed by atoms with E-state index in [2.05, 4.69) is 10.1 Å². The Morgan fingerprint density at radius 3 is 2.55 bits per heavy atom. The first-order valence-electron chi connectivity index (χ1n) is 5.50. The number of nitro groups is 1. The van der Waals surface area contributed by atoms with Crippen LogP contribution in [0, 0.1) is 10.1 Å². The van der Waals surface area contributed by atoms with Crippen molar-refractivity contribution in [3.63, 3.8) is 0 Å². The van der Waals surface area contributed by atoms with Crippen LogP contribution in [0.3, 0.4) is 0 Å². The summed E-state index contributed by atoms with van der Waals surface area (Å²) < 4.78 is 33.4. The molecule has 0 unspecified atom stereocenters. The maximum atomic E-state index is 12.2. The minimum atomic E-state index is -3.17. The summed E-state index contributed by atoms with van der Waals surface area (Å²) in [5.41, 5.74) is -0.942. The Morgan fingerprint density at radius 1 is 1.45 bits per heavy atom. The second kappa shape index (κ2) is 6.64. The van der Waals surface area contributed by atoms with Gasteiger partial charge in [-0.25, -0.2) is 0 Å². The molecule has 0 atom stereocenters. The van der Waals surface area contributed by atoms with E-state index in [0.29, 0.717) is 0 Å². The number of ether oxygens (including phenoxy) is 2. The minimum Gasteiger partial charge on any atom is -0.493 e. The first-order valence-corrected chi connectivity index (χ1v) is 5.50. The van der Waals surface area contributed by atoms with Crippen LogP contribution in [0.1, 0.15) is 17.3 Å². The highest BCUT2D eigenvalue weighted by Gasteiger charge is 2.25. The largest absolute Gasteiger partial charge is 0.493 e. The second-order valence-corrected chi connectivity index (χ2v) is 3.52. The number of hydrogen-bond donors (Lipinski definition) is 1. The topological polar surface area (TPSA) is 90.7 Å². The van der Waals surface area contributed by atoms with Crippen molar-refractivity contribution in [3.8, 4) is 11.5 Å². The molecule has 110 valence electrons. The van der Waals surface area contributed by atoms with E-state index in [1.54, 1.807) is 6.92 Å². The van der Waals surface area contributed by atoms with Crippen molar-refractivity contribution in [2.45, 2.75) is 13.5 Å². The van der Waals surface area contributed by atoms with Crippen molar-refractivity contribution in [1.29, 1.82) is 0 Å². The van der Waals surface area contributed by atoms with Crippen molar-refractivity contribution in [2.24, 2.45) is 0 Å². The van der Waals surface area contributed by atoms with Crippen LogP contribution in [0.25, 0.3) is 0 Å². The molecule has 1 amide bonds. The molecule has 0 aromatic heterocycles. The predicted octanol–water partition coefficient (Wildman–Crippen LogP) is 1.95. The van der Waals surface area contributed by atoms with Gasteiger partial charge in [-0.15, -0.1) is 0 Å². The fraction of sp³-hybridized carbons (Fsp3) is 0.364. The van der Waals surface area contributed by atoms with Crippen molar-refractivity contribution in [3.05, 3.63) is 27.8 Å². The van der Waals surface area contributed by atoms with Gasteiger partial charge in [-0.05, 0) is 6.92 Å². The lowest BCUT2D eigenvalue weighted by Crippen LogP contribution is -2.23. The molecule has 20 heavy (non-hydrogen) atoms. The van der Waals surface area contributed by atoms with Crippen LogP contribution in [0.5, 0.6) is 11.5 Å². The third kappa shape index (κ3) is 3.53. The smallest absolute Gasteiger partial charge is 0.387 e. The summed E-state index contributed by atoms with van der Waals surface area (Å²) in [6.45, 7) is -1.28. The Balaban J connectivity index is 3.37. The molecular weight excluding hydrogens is 278 g/mol. The summed E-state index contributed by atoms with van der Waals surface area (Å²) in [6.07, 6.45) is 0. The Hall–Kier alpha value is -2.45.